The van der Waals surface area contributed by atoms with Gasteiger partial charge in [0, 0.05) is 13.1 Å². The normalized spacial score (nSPS) is 17.5. The lowest BCUT2D eigenvalue weighted by Crippen LogP contribution is -2.29. The summed E-state index contributed by atoms with van der Waals surface area (Å²) >= 11 is 0.998. The van der Waals surface area contributed by atoms with Gasteiger partial charge in [-0.15, -0.1) is 0 Å². The van der Waals surface area contributed by atoms with E-state index in [2.05, 4.69) is 9.97 Å². The van der Waals surface area contributed by atoms with Crippen molar-refractivity contribution in [1.82, 2.24) is 14.4 Å². The molecule has 5 rings (SSSR count). The van der Waals surface area contributed by atoms with E-state index in [-0.39, 0.29) is 27.9 Å². The summed E-state index contributed by atoms with van der Waals surface area (Å²) < 4.78 is 1.64. The van der Waals surface area contributed by atoms with Crippen LogP contribution in [0.3, 0.4) is 0 Å². The predicted octanol–water partition coefficient (Wildman–Crippen LogP) is 3.94. The maximum atomic E-state index is 13.4. The van der Waals surface area contributed by atoms with Gasteiger partial charge in [-0.05, 0) is 43.7 Å². The Hall–Kier alpha value is -4.31. The summed E-state index contributed by atoms with van der Waals surface area (Å²) in [7, 11) is 0. The van der Waals surface area contributed by atoms with E-state index in [9.17, 15) is 24.6 Å². The summed E-state index contributed by atoms with van der Waals surface area (Å²) in [5.41, 5.74) is 1.99. The van der Waals surface area contributed by atoms with Gasteiger partial charge in [0.15, 0.2) is 16.7 Å². The number of pyridine rings is 1. The highest BCUT2D eigenvalue weighted by molar-refractivity contribution is 7.18. The molecule has 1 fully saturated rings. The van der Waals surface area contributed by atoms with Gasteiger partial charge in [0.2, 0.25) is 0 Å². The first-order valence-electron chi connectivity index (χ1n) is 10.7. The molecule has 1 aromatic carbocycles. The number of aromatic hydroxyl groups is 1. The van der Waals surface area contributed by atoms with Gasteiger partial charge in [0.1, 0.15) is 17.1 Å². The van der Waals surface area contributed by atoms with Crippen LogP contribution < -0.4 is 4.90 Å². The van der Waals surface area contributed by atoms with E-state index in [1.54, 1.807) is 54.8 Å². The van der Waals surface area contributed by atoms with Crippen LogP contribution in [-0.4, -0.2) is 42.1 Å². The summed E-state index contributed by atoms with van der Waals surface area (Å²) in [6, 6.07) is 10.4. The van der Waals surface area contributed by atoms with Crippen LogP contribution in [0.4, 0.5) is 5.13 Å². The predicted molar refractivity (Wildman–Crippen MR) is 130 cm³/mol. The minimum absolute atomic E-state index is 0.0705. The second-order valence-electron chi connectivity index (χ2n) is 8.21. The Morgan fingerprint density at radius 3 is 2.51 bits per heavy atom. The molecule has 9 nitrogen and oxygen atoms in total. The Morgan fingerprint density at radius 1 is 1.06 bits per heavy atom. The number of phenols is 1. The largest absolute Gasteiger partial charge is 0.508 e. The van der Waals surface area contributed by atoms with E-state index in [1.807, 2.05) is 0 Å². The van der Waals surface area contributed by atoms with Crippen molar-refractivity contribution in [3.63, 3.8) is 0 Å². The number of aliphatic hydroxyl groups is 1. The fraction of sp³-hybridized carbons (Fsp3) is 0.160. The Morgan fingerprint density at radius 2 is 1.83 bits per heavy atom. The molecule has 1 unspecified atom stereocenters. The topological polar surface area (TPSA) is 125 Å². The van der Waals surface area contributed by atoms with Gasteiger partial charge in [-0.1, -0.05) is 29.5 Å². The molecule has 0 spiro atoms. The second-order valence-corrected chi connectivity index (χ2v) is 9.18. The molecule has 2 N–H and O–H groups in total. The SMILES string of the molecule is CC(=O)c1sc(N2C(=O)C(=O)C(=C(O)c3c(C)nc4ccccn34)C2c2cccc(O)c2)nc1C. The minimum Gasteiger partial charge on any atom is -0.508 e. The number of ketones is 2. The molecule has 1 aliphatic heterocycles. The van der Waals surface area contributed by atoms with Crippen LogP contribution in [0, 0.1) is 13.8 Å². The van der Waals surface area contributed by atoms with Gasteiger partial charge < -0.3 is 10.2 Å². The van der Waals surface area contributed by atoms with E-state index in [0.29, 0.717) is 27.5 Å². The molecule has 0 radical (unpaired) electrons. The van der Waals surface area contributed by atoms with E-state index < -0.39 is 23.5 Å². The minimum atomic E-state index is -1.08. The number of benzene rings is 1. The Bertz CT molecular complexity index is 1580. The fourth-order valence-corrected chi connectivity index (χ4v) is 5.37. The summed E-state index contributed by atoms with van der Waals surface area (Å²) in [4.78, 5) is 49.1. The zero-order chi connectivity index (χ0) is 25.0. The van der Waals surface area contributed by atoms with Gasteiger partial charge in [-0.3, -0.25) is 23.7 Å². The Labute approximate surface area is 203 Å². The molecule has 35 heavy (non-hydrogen) atoms. The maximum Gasteiger partial charge on any atom is 0.301 e. The number of carbonyl (C=O) groups excluding carboxylic acids is 3. The van der Waals surface area contributed by atoms with Crippen LogP contribution >= 0.6 is 11.3 Å². The number of nitrogens with zero attached hydrogens (tertiary/aromatic N) is 4. The summed E-state index contributed by atoms with van der Waals surface area (Å²) in [6.07, 6.45) is 1.70. The number of aryl methyl sites for hydroxylation is 2. The monoisotopic (exact) mass is 488 g/mol. The first kappa shape index (κ1) is 22.5. The van der Waals surface area contributed by atoms with Gasteiger partial charge in [0.25, 0.3) is 5.78 Å². The van der Waals surface area contributed by atoms with Crippen molar-refractivity contribution in [2.24, 2.45) is 0 Å². The smallest absolute Gasteiger partial charge is 0.301 e. The van der Waals surface area contributed by atoms with Crippen LogP contribution in [0.15, 0.2) is 54.2 Å². The van der Waals surface area contributed by atoms with Crippen LogP contribution in [0.25, 0.3) is 11.4 Å². The molecule has 0 bridgehead atoms. The van der Waals surface area contributed by atoms with Crippen LogP contribution in [-0.2, 0) is 9.59 Å². The first-order chi connectivity index (χ1) is 16.7. The van der Waals surface area contributed by atoms with Gasteiger partial charge in [-0.25, -0.2) is 9.97 Å². The number of hydrogen-bond acceptors (Lipinski definition) is 8. The van der Waals surface area contributed by atoms with E-state index in [0.717, 1.165) is 11.3 Å². The molecule has 4 heterocycles. The number of imidazole rings is 1. The molecule has 1 amide bonds. The average molecular weight is 489 g/mol. The van der Waals surface area contributed by atoms with E-state index in [1.165, 1.54) is 24.0 Å². The zero-order valence-electron chi connectivity index (χ0n) is 19.0. The summed E-state index contributed by atoms with van der Waals surface area (Å²) in [5, 5.41) is 21.8. The first-order valence-corrected chi connectivity index (χ1v) is 11.5. The van der Waals surface area contributed by atoms with Gasteiger partial charge in [0.05, 0.1) is 27.9 Å². The number of hydrogen-bond donors (Lipinski definition) is 2. The van der Waals surface area contributed by atoms with Crippen molar-refractivity contribution in [2.75, 3.05) is 4.90 Å². The molecule has 3 aromatic heterocycles. The summed E-state index contributed by atoms with van der Waals surface area (Å²) in [6.45, 7) is 4.75. The number of aromatic nitrogens is 3. The van der Waals surface area contributed by atoms with Crippen molar-refractivity contribution in [3.05, 3.63) is 81.8 Å². The lowest BCUT2D eigenvalue weighted by Gasteiger charge is -2.23. The third-order valence-electron chi connectivity index (χ3n) is 5.87. The fourth-order valence-electron chi connectivity index (χ4n) is 4.38. The maximum absolute atomic E-state index is 13.4. The molecule has 4 aromatic rings. The van der Waals surface area contributed by atoms with E-state index >= 15 is 0 Å². The molecule has 1 aliphatic rings. The third kappa shape index (κ3) is 3.50. The van der Waals surface area contributed by atoms with Crippen molar-refractivity contribution < 1.29 is 24.6 Å². The number of aliphatic hydroxyl groups excluding tert-OH is 1. The third-order valence-corrected chi connectivity index (χ3v) is 7.13. The molecule has 1 atom stereocenters. The number of thiazole rings is 1. The number of anilines is 1. The molecular formula is C25H20N4O5S. The van der Waals surface area contributed by atoms with E-state index in [4.69, 9.17) is 0 Å². The van der Waals surface area contributed by atoms with Crippen molar-refractivity contribution in [3.8, 4) is 5.75 Å². The molecule has 176 valence electrons. The number of Topliss-reactive ketones (excluding diaryl/α,β-unsaturated/α-hetero) is 2. The quantitative estimate of drug-likeness (QED) is 0.193. The van der Waals surface area contributed by atoms with Crippen LogP contribution in [0.2, 0.25) is 0 Å². The van der Waals surface area contributed by atoms with Crippen LogP contribution in [0.5, 0.6) is 5.75 Å². The number of phenolic OH excluding ortho intramolecular Hbond substituents is 1. The van der Waals surface area contributed by atoms with Crippen molar-refractivity contribution >= 4 is 45.3 Å². The standard InChI is InChI=1S/C25H20N4O5S/c1-12-19(28-10-5-4-9-17(28)26-12)21(32)18-20(15-7-6-8-16(31)11-15)29(24(34)22(18)33)25-27-13(2)23(35-25)14(3)30/h4-11,20,31-32H,1-3H3. The molecular weight excluding hydrogens is 468 g/mol. The molecule has 10 heteroatoms. The van der Waals surface area contributed by atoms with Gasteiger partial charge in [-0.2, -0.15) is 0 Å². The van der Waals surface area contributed by atoms with Crippen LogP contribution in [0.1, 0.15) is 45.3 Å². The highest BCUT2D eigenvalue weighted by atomic mass is 32.1. The lowest BCUT2D eigenvalue weighted by molar-refractivity contribution is -0.132. The Balaban J connectivity index is 1.79. The summed E-state index contributed by atoms with van der Waals surface area (Å²) in [5.74, 6) is -2.47. The van der Waals surface area contributed by atoms with Crippen molar-refractivity contribution in [2.45, 2.75) is 26.8 Å². The number of fused-ring (bicyclic) bond motifs is 1. The molecule has 1 saturated heterocycles. The second kappa shape index (κ2) is 8.17. The Kier molecular flexibility index (Phi) is 5.25. The van der Waals surface area contributed by atoms with Gasteiger partial charge >= 0.3 is 5.91 Å². The number of rotatable bonds is 4. The lowest BCUT2D eigenvalue weighted by atomic mass is 9.96. The number of amides is 1. The average Bonchev–Trinajstić information content (AvgIpc) is 3.44. The number of carbonyl (C=O) groups is 3. The highest BCUT2D eigenvalue weighted by Gasteiger charge is 2.49. The zero-order valence-corrected chi connectivity index (χ0v) is 19.8. The molecule has 0 aliphatic carbocycles. The van der Waals surface area contributed by atoms with Crippen molar-refractivity contribution in [1.29, 1.82) is 0 Å². The molecule has 0 saturated carbocycles. The highest BCUT2D eigenvalue weighted by Crippen LogP contribution is 2.44.